The van der Waals surface area contributed by atoms with Crippen molar-refractivity contribution in [1.29, 1.82) is 0 Å². The number of carbonyl (C=O) groups is 1. The first-order valence-electron chi connectivity index (χ1n) is 7.78. The zero-order chi connectivity index (χ0) is 17.1. The normalized spacial score (nSPS) is 16.4. The summed E-state index contributed by atoms with van der Waals surface area (Å²) in [6.07, 6.45) is 5.68. The molecule has 4 N–H and O–H groups in total. The van der Waals surface area contributed by atoms with Crippen LogP contribution >= 0.6 is 11.9 Å². The van der Waals surface area contributed by atoms with Crippen molar-refractivity contribution in [1.82, 2.24) is 19.3 Å². The largest absolute Gasteiger partial charge is 0.369 e. The van der Waals surface area contributed by atoms with Crippen LogP contribution in [0, 0.1) is 0 Å². The summed E-state index contributed by atoms with van der Waals surface area (Å²) in [6, 6.07) is 1.94. The molecular formula is C15H20N6O2S. The molecule has 2 aromatic rings. The molecule has 1 amide bonds. The van der Waals surface area contributed by atoms with Crippen molar-refractivity contribution < 1.29 is 4.79 Å². The van der Waals surface area contributed by atoms with Gasteiger partial charge in [-0.15, -0.1) is 0 Å². The number of aromatic nitrogens is 3. The minimum atomic E-state index is -0.546. The van der Waals surface area contributed by atoms with Crippen LogP contribution in [0.1, 0.15) is 18.4 Å². The maximum atomic E-state index is 12.0. The van der Waals surface area contributed by atoms with Gasteiger partial charge in [0.1, 0.15) is 5.65 Å². The van der Waals surface area contributed by atoms with Crippen molar-refractivity contribution in [2.24, 2.45) is 5.73 Å². The lowest BCUT2D eigenvalue weighted by Gasteiger charge is -2.30. The molecule has 0 saturated carbocycles. The molecule has 128 valence electrons. The zero-order valence-electron chi connectivity index (χ0n) is 13.4. The van der Waals surface area contributed by atoms with E-state index in [1.165, 1.54) is 0 Å². The van der Waals surface area contributed by atoms with Gasteiger partial charge in [-0.2, -0.15) is 4.98 Å². The highest BCUT2D eigenvalue weighted by molar-refractivity contribution is 7.96. The molecule has 0 bridgehead atoms. The van der Waals surface area contributed by atoms with Gasteiger partial charge in [0.15, 0.2) is 0 Å². The number of hydrogen-bond donors (Lipinski definition) is 3. The zero-order valence-corrected chi connectivity index (χ0v) is 14.2. The van der Waals surface area contributed by atoms with E-state index in [0.717, 1.165) is 25.9 Å². The van der Waals surface area contributed by atoms with Crippen LogP contribution in [0.2, 0.25) is 0 Å². The first kappa shape index (κ1) is 16.7. The predicted molar refractivity (Wildman–Crippen MR) is 94.8 cm³/mol. The van der Waals surface area contributed by atoms with Gasteiger partial charge in [-0.05, 0) is 25.2 Å². The minimum Gasteiger partial charge on any atom is -0.369 e. The number of piperidine rings is 1. The highest BCUT2D eigenvalue weighted by Crippen LogP contribution is 2.19. The van der Waals surface area contributed by atoms with Crippen LogP contribution in [-0.2, 0) is 11.2 Å². The molecule has 0 radical (unpaired) electrons. The molecule has 0 aliphatic carbocycles. The first-order valence-corrected chi connectivity index (χ1v) is 8.96. The number of hydrogen-bond acceptors (Lipinski definition) is 7. The number of anilines is 1. The van der Waals surface area contributed by atoms with E-state index < -0.39 is 5.91 Å². The lowest BCUT2D eigenvalue weighted by Crippen LogP contribution is -2.35. The number of carbonyl (C=O) groups excluding carboxylic acids is 1. The number of pyridine rings is 1. The van der Waals surface area contributed by atoms with Crippen LogP contribution in [0.15, 0.2) is 17.1 Å². The van der Waals surface area contributed by atoms with Gasteiger partial charge in [-0.3, -0.25) is 13.9 Å². The molecule has 24 heavy (non-hydrogen) atoms. The maximum absolute atomic E-state index is 12.0. The minimum absolute atomic E-state index is 0.0979. The fourth-order valence-electron chi connectivity index (χ4n) is 2.79. The Bertz CT molecular complexity index is 800. The van der Waals surface area contributed by atoms with Crippen molar-refractivity contribution in [3.05, 3.63) is 28.2 Å². The molecule has 8 nitrogen and oxygen atoms in total. The Kier molecular flexibility index (Phi) is 5.00. The van der Waals surface area contributed by atoms with Gasteiger partial charge in [0, 0.05) is 36.3 Å². The van der Waals surface area contributed by atoms with Crippen molar-refractivity contribution in [2.75, 3.05) is 24.7 Å². The Morgan fingerprint density at radius 3 is 2.92 bits per heavy atom. The molecule has 2 aromatic heterocycles. The van der Waals surface area contributed by atoms with Crippen LogP contribution in [0.3, 0.4) is 0 Å². The molecule has 1 aliphatic heterocycles. The number of nitrogens with zero attached hydrogens (tertiary/aromatic N) is 3. The average molecular weight is 348 g/mol. The molecule has 1 aliphatic rings. The van der Waals surface area contributed by atoms with Gasteiger partial charge in [0.05, 0.1) is 6.42 Å². The Hall–Kier alpha value is -2.13. The van der Waals surface area contributed by atoms with E-state index in [1.54, 1.807) is 24.2 Å². The highest BCUT2D eigenvalue weighted by Gasteiger charge is 2.19. The third kappa shape index (κ3) is 3.85. The Morgan fingerprint density at radius 1 is 1.50 bits per heavy atom. The SMILES string of the molecule is CSN1CCC(Nc2ncc3cc(CC(N)=O)c(=O)[nH]c3n2)CC1. The number of nitrogens with one attached hydrogen (secondary N) is 2. The van der Waals surface area contributed by atoms with Gasteiger partial charge >= 0.3 is 0 Å². The summed E-state index contributed by atoms with van der Waals surface area (Å²) < 4.78 is 2.33. The Labute approximate surface area is 143 Å². The topological polar surface area (TPSA) is 117 Å². The van der Waals surface area contributed by atoms with E-state index in [-0.39, 0.29) is 12.0 Å². The monoisotopic (exact) mass is 348 g/mol. The summed E-state index contributed by atoms with van der Waals surface area (Å²) in [4.78, 5) is 34.4. The third-order valence-electron chi connectivity index (χ3n) is 4.08. The van der Waals surface area contributed by atoms with Crippen molar-refractivity contribution in [3.8, 4) is 0 Å². The smallest absolute Gasteiger partial charge is 0.253 e. The molecule has 0 atom stereocenters. The van der Waals surface area contributed by atoms with Crippen LogP contribution in [0.25, 0.3) is 11.0 Å². The second kappa shape index (κ2) is 7.18. The molecule has 0 aromatic carbocycles. The van der Waals surface area contributed by atoms with Crippen LogP contribution in [0.5, 0.6) is 0 Å². The van der Waals surface area contributed by atoms with Gasteiger partial charge in [0.25, 0.3) is 5.56 Å². The molecule has 1 saturated heterocycles. The van der Waals surface area contributed by atoms with E-state index in [4.69, 9.17) is 5.73 Å². The fourth-order valence-corrected chi connectivity index (χ4v) is 3.37. The van der Waals surface area contributed by atoms with Crippen molar-refractivity contribution in [2.45, 2.75) is 25.3 Å². The lowest BCUT2D eigenvalue weighted by molar-refractivity contribution is -0.117. The lowest BCUT2D eigenvalue weighted by atomic mass is 10.1. The first-order chi connectivity index (χ1) is 11.5. The number of fused-ring (bicyclic) bond motifs is 1. The number of amides is 1. The van der Waals surface area contributed by atoms with Crippen molar-refractivity contribution in [3.63, 3.8) is 0 Å². The van der Waals surface area contributed by atoms with E-state index in [2.05, 4.69) is 30.8 Å². The molecule has 3 heterocycles. The quantitative estimate of drug-likeness (QED) is 0.674. The summed E-state index contributed by atoms with van der Waals surface area (Å²) in [5, 5.41) is 4.00. The molecule has 9 heteroatoms. The van der Waals surface area contributed by atoms with Crippen LogP contribution in [-0.4, -0.2) is 50.6 Å². The number of aromatic amines is 1. The fraction of sp³-hybridized carbons (Fsp3) is 0.467. The molecular weight excluding hydrogens is 328 g/mol. The van der Waals surface area contributed by atoms with E-state index in [0.29, 0.717) is 28.6 Å². The average Bonchev–Trinajstić information content (AvgIpc) is 2.56. The summed E-state index contributed by atoms with van der Waals surface area (Å²) in [5.41, 5.74) is 5.57. The summed E-state index contributed by atoms with van der Waals surface area (Å²) in [5.74, 6) is -0.0426. The third-order valence-corrected chi connectivity index (χ3v) is 4.96. The van der Waals surface area contributed by atoms with Gasteiger partial charge in [0.2, 0.25) is 11.9 Å². The number of nitrogens with two attached hydrogens (primary N) is 1. The van der Waals surface area contributed by atoms with Crippen LogP contribution in [0.4, 0.5) is 5.95 Å². The van der Waals surface area contributed by atoms with Gasteiger partial charge < -0.3 is 16.0 Å². The Morgan fingerprint density at radius 2 is 2.25 bits per heavy atom. The van der Waals surface area contributed by atoms with Gasteiger partial charge in [-0.25, -0.2) is 4.98 Å². The highest BCUT2D eigenvalue weighted by atomic mass is 32.2. The molecule has 0 spiro atoms. The number of H-pyrrole nitrogens is 1. The summed E-state index contributed by atoms with van der Waals surface area (Å²) in [7, 11) is 0. The summed E-state index contributed by atoms with van der Waals surface area (Å²) in [6.45, 7) is 2.06. The number of primary amides is 1. The maximum Gasteiger partial charge on any atom is 0.253 e. The second-order valence-electron chi connectivity index (χ2n) is 5.79. The van der Waals surface area contributed by atoms with Crippen LogP contribution < -0.4 is 16.6 Å². The second-order valence-corrected chi connectivity index (χ2v) is 6.68. The van der Waals surface area contributed by atoms with Gasteiger partial charge in [-0.1, -0.05) is 11.9 Å². The number of rotatable bonds is 5. The predicted octanol–water partition coefficient (Wildman–Crippen LogP) is 0.500. The van der Waals surface area contributed by atoms with E-state index in [1.807, 2.05) is 0 Å². The standard InChI is InChI=1S/C15H20N6O2S/c1-24-21-4-2-11(3-5-21)18-15-17-8-10-6-9(7-12(16)22)14(23)19-13(10)20-15/h6,8,11H,2-5,7H2,1H3,(H2,16,22)(H2,17,18,19,20,23). The van der Waals surface area contributed by atoms with Crippen molar-refractivity contribution >= 4 is 34.8 Å². The van der Waals surface area contributed by atoms with E-state index in [9.17, 15) is 9.59 Å². The summed E-state index contributed by atoms with van der Waals surface area (Å²) >= 11 is 1.76. The molecule has 0 unspecified atom stereocenters. The van der Waals surface area contributed by atoms with E-state index >= 15 is 0 Å². The molecule has 3 rings (SSSR count). The molecule has 1 fully saturated rings. The Balaban J connectivity index is 1.76.